The number of nitrogens with zero attached hydrogens (tertiary/aromatic N) is 3. The summed E-state index contributed by atoms with van der Waals surface area (Å²) in [7, 11) is 0. The largest absolute Gasteiger partial charge is 0.494 e. The first-order valence-corrected chi connectivity index (χ1v) is 9.90. The Hall–Kier alpha value is -2.81. The molecule has 0 radical (unpaired) electrons. The van der Waals surface area contributed by atoms with Crippen molar-refractivity contribution in [2.75, 3.05) is 12.4 Å². The maximum Gasteiger partial charge on any atom is 0.269 e. The minimum Gasteiger partial charge on any atom is -0.494 e. The summed E-state index contributed by atoms with van der Waals surface area (Å²) >= 11 is 1.20. The first-order chi connectivity index (χ1) is 13.3. The minimum absolute atomic E-state index is 0.130. The van der Waals surface area contributed by atoms with Crippen LogP contribution in [0.3, 0.4) is 0 Å². The first-order valence-electron chi connectivity index (χ1n) is 8.91. The molecule has 1 amide bonds. The maximum absolute atomic E-state index is 13.0. The molecular weight excluding hydrogens is 378 g/mol. The molecule has 0 aliphatic rings. The molecule has 1 aromatic carbocycles. The SMILES string of the molecule is CCOc1ccc(-n2c(SCC(=O)NC(C)(C)C)nc3[nH]ncc3c2=O)cc1. The molecule has 3 aromatic rings. The van der Waals surface area contributed by atoms with Crippen LogP contribution >= 0.6 is 11.8 Å². The van der Waals surface area contributed by atoms with Gasteiger partial charge in [0, 0.05) is 5.54 Å². The van der Waals surface area contributed by atoms with Crippen molar-refractivity contribution in [2.45, 2.75) is 38.4 Å². The van der Waals surface area contributed by atoms with Crippen molar-refractivity contribution in [3.05, 3.63) is 40.8 Å². The molecule has 3 rings (SSSR count). The van der Waals surface area contributed by atoms with E-state index in [9.17, 15) is 9.59 Å². The van der Waals surface area contributed by atoms with E-state index in [4.69, 9.17) is 4.74 Å². The zero-order chi connectivity index (χ0) is 20.3. The molecule has 0 saturated heterocycles. The summed E-state index contributed by atoms with van der Waals surface area (Å²) in [5, 5.41) is 10.3. The fourth-order valence-corrected chi connectivity index (χ4v) is 3.45. The quantitative estimate of drug-likeness (QED) is 0.486. The fourth-order valence-electron chi connectivity index (χ4n) is 2.64. The molecule has 2 heterocycles. The Balaban J connectivity index is 1.97. The predicted molar refractivity (Wildman–Crippen MR) is 109 cm³/mol. The normalized spacial score (nSPS) is 11.6. The number of aromatic amines is 1. The van der Waals surface area contributed by atoms with Gasteiger partial charge in [0.05, 0.1) is 24.2 Å². The highest BCUT2D eigenvalue weighted by Crippen LogP contribution is 2.22. The lowest BCUT2D eigenvalue weighted by atomic mass is 10.1. The van der Waals surface area contributed by atoms with Crippen LogP contribution in [-0.2, 0) is 4.79 Å². The molecule has 0 aliphatic carbocycles. The van der Waals surface area contributed by atoms with Gasteiger partial charge in [-0.25, -0.2) is 4.98 Å². The number of nitrogens with one attached hydrogen (secondary N) is 2. The second kappa shape index (κ2) is 8.05. The van der Waals surface area contributed by atoms with Gasteiger partial charge in [0.15, 0.2) is 10.8 Å². The molecule has 0 fully saturated rings. The molecule has 0 spiro atoms. The van der Waals surface area contributed by atoms with Gasteiger partial charge in [0.2, 0.25) is 5.91 Å². The van der Waals surface area contributed by atoms with Crippen LogP contribution < -0.4 is 15.6 Å². The Labute approximate surface area is 166 Å². The van der Waals surface area contributed by atoms with Crippen LogP contribution in [0.4, 0.5) is 0 Å². The van der Waals surface area contributed by atoms with Crippen molar-refractivity contribution < 1.29 is 9.53 Å². The third kappa shape index (κ3) is 4.53. The molecule has 28 heavy (non-hydrogen) atoms. The highest BCUT2D eigenvalue weighted by molar-refractivity contribution is 7.99. The lowest BCUT2D eigenvalue weighted by Gasteiger charge is -2.20. The van der Waals surface area contributed by atoms with Crippen LogP contribution in [0.1, 0.15) is 27.7 Å². The van der Waals surface area contributed by atoms with Crippen LogP contribution in [-0.4, -0.2) is 43.6 Å². The molecule has 0 unspecified atom stereocenters. The van der Waals surface area contributed by atoms with Crippen molar-refractivity contribution in [1.82, 2.24) is 25.1 Å². The van der Waals surface area contributed by atoms with E-state index in [-0.39, 0.29) is 22.8 Å². The lowest BCUT2D eigenvalue weighted by molar-refractivity contribution is -0.119. The number of fused-ring (bicyclic) bond motifs is 1. The van der Waals surface area contributed by atoms with Gasteiger partial charge in [0.1, 0.15) is 11.1 Å². The Kier molecular flexibility index (Phi) is 5.73. The number of benzene rings is 1. The van der Waals surface area contributed by atoms with Gasteiger partial charge >= 0.3 is 0 Å². The zero-order valence-electron chi connectivity index (χ0n) is 16.3. The Morgan fingerprint density at radius 1 is 1.29 bits per heavy atom. The third-order valence-electron chi connectivity index (χ3n) is 3.70. The van der Waals surface area contributed by atoms with Crippen molar-refractivity contribution in [3.63, 3.8) is 0 Å². The number of hydrogen-bond acceptors (Lipinski definition) is 6. The van der Waals surface area contributed by atoms with Crippen LogP contribution in [0.5, 0.6) is 5.75 Å². The number of thioether (sulfide) groups is 1. The zero-order valence-corrected chi connectivity index (χ0v) is 17.1. The molecule has 9 heteroatoms. The number of ether oxygens (including phenoxy) is 1. The van der Waals surface area contributed by atoms with Crippen LogP contribution in [0.2, 0.25) is 0 Å². The molecule has 2 N–H and O–H groups in total. The van der Waals surface area contributed by atoms with E-state index in [1.54, 1.807) is 24.3 Å². The van der Waals surface area contributed by atoms with Gasteiger partial charge < -0.3 is 10.1 Å². The van der Waals surface area contributed by atoms with E-state index in [2.05, 4.69) is 20.5 Å². The topological polar surface area (TPSA) is 102 Å². The Morgan fingerprint density at radius 2 is 2.00 bits per heavy atom. The summed E-state index contributed by atoms with van der Waals surface area (Å²) in [4.78, 5) is 29.7. The van der Waals surface area contributed by atoms with Crippen molar-refractivity contribution in [1.29, 1.82) is 0 Å². The van der Waals surface area contributed by atoms with E-state index in [0.717, 1.165) is 5.75 Å². The lowest BCUT2D eigenvalue weighted by Crippen LogP contribution is -2.41. The maximum atomic E-state index is 13.0. The monoisotopic (exact) mass is 401 g/mol. The molecular formula is C19H23N5O3S. The Bertz CT molecular complexity index is 1030. The molecule has 8 nitrogen and oxygen atoms in total. The first kappa shape index (κ1) is 19.9. The molecule has 0 aliphatic heterocycles. The summed E-state index contributed by atoms with van der Waals surface area (Å²) in [6, 6.07) is 7.18. The van der Waals surface area contributed by atoms with Crippen molar-refractivity contribution in [2.24, 2.45) is 0 Å². The highest BCUT2D eigenvalue weighted by atomic mass is 32.2. The number of amides is 1. The standard InChI is InChI=1S/C19H23N5O3S/c1-5-27-13-8-6-12(7-9-13)24-17(26)14-10-20-23-16(14)21-18(24)28-11-15(25)22-19(2,3)4/h6-10H,5,11H2,1-4H3,(H,20,23)(H,22,25). The fraction of sp³-hybridized carbons (Fsp3) is 0.368. The summed E-state index contributed by atoms with van der Waals surface area (Å²) in [6.45, 7) is 8.22. The van der Waals surface area contributed by atoms with E-state index in [0.29, 0.717) is 28.5 Å². The average Bonchev–Trinajstić information content (AvgIpc) is 3.09. The summed E-state index contributed by atoms with van der Waals surface area (Å²) < 4.78 is 6.95. The van der Waals surface area contributed by atoms with Crippen LogP contribution in [0, 0.1) is 0 Å². The summed E-state index contributed by atoms with van der Waals surface area (Å²) in [5.74, 6) is 0.727. The number of hydrogen-bond donors (Lipinski definition) is 2. The summed E-state index contributed by atoms with van der Waals surface area (Å²) in [5.41, 5.74) is 0.461. The van der Waals surface area contributed by atoms with Gasteiger partial charge in [-0.15, -0.1) is 0 Å². The molecule has 0 atom stereocenters. The molecule has 0 saturated carbocycles. The van der Waals surface area contributed by atoms with Gasteiger partial charge in [-0.3, -0.25) is 19.3 Å². The van der Waals surface area contributed by atoms with E-state index in [1.807, 2.05) is 27.7 Å². The van der Waals surface area contributed by atoms with Crippen LogP contribution in [0.15, 0.2) is 40.4 Å². The summed E-state index contributed by atoms with van der Waals surface area (Å²) in [6.07, 6.45) is 1.45. The number of H-pyrrole nitrogens is 1. The third-order valence-corrected chi connectivity index (χ3v) is 4.64. The minimum atomic E-state index is -0.326. The average molecular weight is 401 g/mol. The molecule has 2 aromatic heterocycles. The predicted octanol–water partition coefficient (Wildman–Crippen LogP) is 2.51. The number of aromatic nitrogens is 4. The van der Waals surface area contributed by atoms with Crippen molar-refractivity contribution >= 4 is 28.7 Å². The van der Waals surface area contributed by atoms with Gasteiger partial charge in [-0.2, -0.15) is 5.10 Å². The molecule has 0 bridgehead atoms. The van der Waals surface area contributed by atoms with E-state index < -0.39 is 0 Å². The van der Waals surface area contributed by atoms with E-state index in [1.165, 1.54) is 22.5 Å². The highest BCUT2D eigenvalue weighted by Gasteiger charge is 2.18. The number of carbonyl (C=O) groups is 1. The smallest absolute Gasteiger partial charge is 0.269 e. The van der Waals surface area contributed by atoms with Gasteiger partial charge in [-0.05, 0) is 52.0 Å². The molecule has 148 valence electrons. The number of rotatable bonds is 6. The van der Waals surface area contributed by atoms with E-state index >= 15 is 0 Å². The number of carbonyl (C=O) groups excluding carboxylic acids is 1. The Morgan fingerprint density at radius 3 is 2.64 bits per heavy atom. The van der Waals surface area contributed by atoms with Crippen molar-refractivity contribution in [3.8, 4) is 11.4 Å². The second-order valence-electron chi connectivity index (χ2n) is 7.18. The second-order valence-corrected chi connectivity index (χ2v) is 8.12. The van der Waals surface area contributed by atoms with Crippen LogP contribution in [0.25, 0.3) is 16.7 Å². The van der Waals surface area contributed by atoms with Gasteiger partial charge in [-0.1, -0.05) is 11.8 Å². The van der Waals surface area contributed by atoms with Gasteiger partial charge in [0.25, 0.3) is 5.56 Å².